The molecular weight excluding hydrogens is 202 g/mol. The molecule has 0 aliphatic heterocycles. The zero-order valence-corrected chi connectivity index (χ0v) is 7.74. The van der Waals surface area contributed by atoms with Gasteiger partial charge in [-0.25, -0.2) is 8.42 Å². The van der Waals surface area contributed by atoms with Gasteiger partial charge in [-0.2, -0.15) is 0 Å². The molecule has 0 bridgehead atoms. The summed E-state index contributed by atoms with van der Waals surface area (Å²) in [6, 6.07) is 0. The second-order valence-electron chi connectivity index (χ2n) is 2.25. The molecule has 6 heteroatoms. The zero-order valence-electron chi connectivity index (χ0n) is 6.17. The van der Waals surface area contributed by atoms with Crippen molar-refractivity contribution in [2.45, 2.75) is 11.8 Å². The van der Waals surface area contributed by atoms with E-state index in [1.807, 2.05) is 0 Å². The van der Waals surface area contributed by atoms with Crippen LogP contribution in [0.5, 0.6) is 0 Å². The number of nitrogens with one attached hydrogen (secondary N) is 1. The van der Waals surface area contributed by atoms with E-state index in [0.29, 0.717) is 11.8 Å². The van der Waals surface area contributed by atoms with Crippen LogP contribution in [0.1, 0.15) is 16.1 Å². The SMILES string of the molecule is Cc1c(S(=O)(=O)Cl)c[nH]c1C=O. The van der Waals surface area contributed by atoms with Crippen LogP contribution in [0.25, 0.3) is 0 Å². The lowest BCUT2D eigenvalue weighted by Crippen LogP contribution is -1.91. The molecule has 0 spiro atoms. The summed E-state index contributed by atoms with van der Waals surface area (Å²) in [7, 11) is 1.33. The Balaban J connectivity index is 3.39. The lowest BCUT2D eigenvalue weighted by atomic mass is 10.3. The number of aldehydes is 1. The molecule has 0 amide bonds. The van der Waals surface area contributed by atoms with Crippen LogP contribution in [0.3, 0.4) is 0 Å². The summed E-state index contributed by atoms with van der Waals surface area (Å²) in [5.74, 6) is 0. The Morgan fingerprint density at radius 1 is 1.58 bits per heavy atom. The van der Waals surface area contributed by atoms with Gasteiger partial charge in [-0.3, -0.25) is 4.79 Å². The van der Waals surface area contributed by atoms with Crippen molar-refractivity contribution in [2.75, 3.05) is 0 Å². The summed E-state index contributed by atoms with van der Waals surface area (Å²) >= 11 is 0. The first-order valence-electron chi connectivity index (χ1n) is 3.04. The van der Waals surface area contributed by atoms with Crippen LogP contribution in [0.15, 0.2) is 11.1 Å². The number of hydrogen-bond acceptors (Lipinski definition) is 3. The number of H-pyrrole nitrogens is 1. The van der Waals surface area contributed by atoms with Gasteiger partial charge in [0.15, 0.2) is 6.29 Å². The van der Waals surface area contributed by atoms with E-state index < -0.39 is 9.05 Å². The average molecular weight is 208 g/mol. The van der Waals surface area contributed by atoms with Crippen molar-refractivity contribution < 1.29 is 13.2 Å². The second-order valence-corrected chi connectivity index (χ2v) is 4.78. The summed E-state index contributed by atoms with van der Waals surface area (Å²) in [5, 5.41) is 0. The topological polar surface area (TPSA) is 67.0 Å². The van der Waals surface area contributed by atoms with E-state index >= 15 is 0 Å². The number of halogens is 1. The van der Waals surface area contributed by atoms with Gasteiger partial charge < -0.3 is 4.98 Å². The molecule has 0 radical (unpaired) electrons. The van der Waals surface area contributed by atoms with E-state index in [9.17, 15) is 13.2 Å². The molecule has 0 atom stereocenters. The predicted molar refractivity (Wildman–Crippen MR) is 44.0 cm³/mol. The van der Waals surface area contributed by atoms with Gasteiger partial charge in [0.1, 0.15) is 4.90 Å². The smallest absolute Gasteiger partial charge is 0.263 e. The fraction of sp³-hybridized carbons (Fsp3) is 0.167. The number of aromatic amines is 1. The van der Waals surface area contributed by atoms with Gasteiger partial charge >= 0.3 is 0 Å². The molecule has 0 aliphatic carbocycles. The molecule has 0 saturated heterocycles. The van der Waals surface area contributed by atoms with Gasteiger partial charge in [0, 0.05) is 16.9 Å². The third kappa shape index (κ3) is 1.51. The molecule has 0 aromatic carbocycles. The summed E-state index contributed by atoms with van der Waals surface area (Å²) < 4.78 is 21.6. The van der Waals surface area contributed by atoms with E-state index in [-0.39, 0.29) is 10.6 Å². The summed E-state index contributed by atoms with van der Waals surface area (Å²) in [6.45, 7) is 1.51. The molecule has 0 aliphatic rings. The molecule has 0 unspecified atom stereocenters. The van der Waals surface area contributed by atoms with E-state index in [0.717, 1.165) is 0 Å². The highest BCUT2D eigenvalue weighted by atomic mass is 35.7. The zero-order chi connectivity index (χ0) is 9.35. The maximum Gasteiger partial charge on any atom is 0.263 e. The maximum absolute atomic E-state index is 10.8. The van der Waals surface area contributed by atoms with Gasteiger partial charge in [0.25, 0.3) is 9.05 Å². The molecule has 0 fully saturated rings. The summed E-state index contributed by atoms with van der Waals surface area (Å²) in [6.07, 6.45) is 1.74. The predicted octanol–water partition coefficient (Wildman–Crippen LogP) is 1.06. The van der Waals surface area contributed by atoms with E-state index in [1.54, 1.807) is 0 Å². The number of carbonyl (C=O) groups is 1. The minimum atomic E-state index is -3.74. The monoisotopic (exact) mass is 207 g/mol. The van der Waals surface area contributed by atoms with Crippen molar-refractivity contribution in [2.24, 2.45) is 0 Å². The minimum absolute atomic E-state index is 0.0498. The van der Waals surface area contributed by atoms with Crippen LogP contribution in [0.4, 0.5) is 0 Å². The Morgan fingerprint density at radius 2 is 2.17 bits per heavy atom. The third-order valence-corrected chi connectivity index (χ3v) is 2.96. The first-order chi connectivity index (χ1) is 5.46. The van der Waals surface area contributed by atoms with Crippen LogP contribution in [-0.2, 0) is 9.05 Å². The van der Waals surface area contributed by atoms with Crippen LogP contribution < -0.4 is 0 Å². The Morgan fingerprint density at radius 3 is 2.42 bits per heavy atom. The molecule has 1 aromatic heterocycles. The highest BCUT2D eigenvalue weighted by Gasteiger charge is 2.16. The molecule has 66 valence electrons. The van der Waals surface area contributed by atoms with Gasteiger partial charge in [-0.15, -0.1) is 0 Å². The standard InChI is InChI=1S/C6H6ClNO3S/c1-4-5(3-9)8-2-6(4)12(7,10)11/h2-3,8H,1H3. The highest BCUT2D eigenvalue weighted by molar-refractivity contribution is 8.13. The van der Waals surface area contributed by atoms with Gasteiger partial charge in [0.05, 0.1) is 5.69 Å². The first kappa shape index (κ1) is 9.28. The van der Waals surface area contributed by atoms with E-state index in [2.05, 4.69) is 4.98 Å². The van der Waals surface area contributed by atoms with Gasteiger partial charge in [-0.05, 0) is 12.5 Å². The Hall–Kier alpha value is -0.810. The Kier molecular flexibility index (Phi) is 2.25. The van der Waals surface area contributed by atoms with Gasteiger partial charge in [-0.1, -0.05) is 0 Å². The normalized spacial score (nSPS) is 11.5. The average Bonchev–Trinajstić information content (AvgIpc) is 2.29. The quantitative estimate of drug-likeness (QED) is 0.583. The molecular formula is C6H6ClNO3S. The van der Waals surface area contributed by atoms with Crippen molar-refractivity contribution in [3.63, 3.8) is 0 Å². The third-order valence-electron chi connectivity index (χ3n) is 1.51. The maximum atomic E-state index is 10.8. The van der Waals surface area contributed by atoms with Crippen LogP contribution in [0, 0.1) is 6.92 Å². The van der Waals surface area contributed by atoms with Crippen molar-refractivity contribution in [1.29, 1.82) is 0 Å². The molecule has 1 aromatic rings. The molecule has 12 heavy (non-hydrogen) atoms. The van der Waals surface area contributed by atoms with Crippen LogP contribution >= 0.6 is 10.7 Å². The Labute approximate surface area is 74.0 Å². The summed E-state index contributed by atoms with van der Waals surface area (Å²) in [4.78, 5) is 12.7. The number of aromatic nitrogens is 1. The molecule has 4 nitrogen and oxygen atoms in total. The molecule has 0 saturated carbocycles. The second kappa shape index (κ2) is 2.91. The molecule has 1 heterocycles. The van der Waals surface area contributed by atoms with Crippen LogP contribution in [-0.4, -0.2) is 19.7 Å². The van der Waals surface area contributed by atoms with Gasteiger partial charge in [0.2, 0.25) is 0 Å². The largest absolute Gasteiger partial charge is 0.357 e. The Bertz CT molecular complexity index is 406. The lowest BCUT2D eigenvalue weighted by Gasteiger charge is -1.91. The van der Waals surface area contributed by atoms with E-state index in [4.69, 9.17) is 10.7 Å². The van der Waals surface area contributed by atoms with Crippen molar-refractivity contribution in [1.82, 2.24) is 4.98 Å². The number of carbonyl (C=O) groups excluding carboxylic acids is 1. The minimum Gasteiger partial charge on any atom is -0.357 e. The highest BCUT2D eigenvalue weighted by Crippen LogP contribution is 2.20. The fourth-order valence-corrected chi connectivity index (χ4v) is 2.02. The first-order valence-corrected chi connectivity index (χ1v) is 5.35. The van der Waals surface area contributed by atoms with Crippen molar-refractivity contribution >= 4 is 26.0 Å². The molecule has 1 N–H and O–H groups in total. The lowest BCUT2D eigenvalue weighted by molar-refractivity contribution is 0.111. The number of rotatable bonds is 2. The van der Waals surface area contributed by atoms with Crippen molar-refractivity contribution in [3.8, 4) is 0 Å². The summed E-state index contributed by atoms with van der Waals surface area (Å²) in [5.41, 5.74) is 0.578. The van der Waals surface area contributed by atoms with E-state index in [1.165, 1.54) is 13.1 Å². The molecule has 1 rings (SSSR count). The number of hydrogen-bond donors (Lipinski definition) is 1. The van der Waals surface area contributed by atoms with Crippen molar-refractivity contribution in [3.05, 3.63) is 17.5 Å². The fourth-order valence-electron chi connectivity index (χ4n) is 0.868. The van der Waals surface area contributed by atoms with Crippen LogP contribution in [0.2, 0.25) is 0 Å².